The molecule has 5 nitrogen and oxygen atoms in total. The zero-order chi connectivity index (χ0) is 19.3. The summed E-state index contributed by atoms with van der Waals surface area (Å²) in [5.41, 5.74) is 3.79. The van der Waals surface area contributed by atoms with Gasteiger partial charge in [-0.15, -0.1) is 0 Å². The zero-order valence-corrected chi connectivity index (χ0v) is 15.6. The van der Waals surface area contributed by atoms with E-state index in [2.05, 4.69) is 5.32 Å². The van der Waals surface area contributed by atoms with Crippen LogP contribution in [0.4, 0.5) is 0 Å². The van der Waals surface area contributed by atoms with E-state index in [9.17, 15) is 4.79 Å². The molecule has 0 aliphatic carbocycles. The van der Waals surface area contributed by atoms with E-state index in [-0.39, 0.29) is 12.5 Å². The van der Waals surface area contributed by atoms with Crippen LogP contribution in [0.3, 0.4) is 0 Å². The lowest BCUT2D eigenvalue weighted by molar-refractivity contribution is -0.121. The number of nitrogens with zero attached hydrogens (tertiary/aromatic N) is 2. The highest BCUT2D eigenvalue weighted by atomic mass is 16.5. The van der Waals surface area contributed by atoms with Gasteiger partial charge >= 0.3 is 0 Å². The Morgan fingerprint density at radius 1 is 0.964 bits per heavy atom. The molecule has 1 amide bonds. The number of hydrogen-bond acceptors (Lipinski definition) is 3. The van der Waals surface area contributed by atoms with Gasteiger partial charge in [-0.3, -0.25) is 9.48 Å². The Kier molecular flexibility index (Phi) is 5.06. The molecule has 3 aromatic carbocycles. The lowest BCUT2D eigenvalue weighted by Crippen LogP contribution is -2.27. The summed E-state index contributed by atoms with van der Waals surface area (Å²) in [7, 11) is 1.63. The minimum Gasteiger partial charge on any atom is -0.496 e. The monoisotopic (exact) mass is 371 g/mol. The van der Waals surface area contributed by atoms with Gasteiger partial charge in [0.15, 0.2) is 0 Å². The van der Waals surface area contributed by atoms with Crippen LogP contribution in [-0.2, 0) is 17.9 Å². The van der Waals surface area contributed by atoms with E-state index in [1.165, 1.54) is 0 Å². The molecular weight excluding hydrogens is 350 g/mol. The number of aromatic nitrogens is 2. The van der Waals surface area contributed by atoms with Gasteiger partial charge < -0.3 is 10.1 Å². The van der Waals surface area contributed by atoms with Crippen LogP contribution in [0.2, 0.25) is 0 Å². The molecule has 0 unspecified atom stereocenters. The maximum Gasteiger partial charge on any atom is 0.242 e. The third-order valence-electron chi connectivity index (χ3n) is 4.67. The molecule has 28 heavy (non-hydrogen) atoms. The average Bonchev–Trinajstić information content (AvgIpc) is 3.11. The lowest BCUT2D eigenvalue weighted by Gasteiger charge is -2.10. The Morgan fingerprint density at radius 3 is 2.50 bits per heavy atom. The number of carbonyl (C=O) groups is 1. The van der Waals surface area contributed by atoms with Crippen molar-refractivity contribution >= 4 is 16.8 Å². The molecule has 0 radical (unpaired) electrons. The van der Waals surface area contributed by atoms with Gasteiger partial charge in [-0.1, -0.05) is 66.7 Å². The Hall–Kier alpha value is -3.60. The van der Waals surface area contributed by atoms with E-state index in [0.29, 0.717) is 6.54 Å². The van der Waals surface area contributed by atoms with Crippen LogP contribution in [0.25, 0.3) is 22.2 Å². The Bertz CT molecular complexity index is 1100. The molecule has 140 valence electrons. The molecule has 1 aromatic heterocycles. The van der Waals surface area contributed by atoms with Gasteiger partial charge in [-0.2, -0.15) is 5.10 Å². The second kappa shape index (κ2) is 7.96. The fourth-order valence-electron chi connectivity index (χ4n) is 3.29. The fourth-order valence-corrected chi connectivity index (χ4v) is 3.29. The van der Waals surface area contributed by atoms with Crippen LogP contribution in [-0.4, -0.2) is 22.8 Å². The Morgan fingerprint density at radius 2 is 1.68 bits per heavy atom. The summed E-state index contributed by atoms with van der Waals surface area (Å²) in [6.45, 7) is 0.566. The SMILES string of the molecule is COc1ccccc1CNC(=O)Cn1nc(-c2ccccc2)c2ccccc21. The van der Waals surface area contributed by atoms with Gasteiger partial charge in [-0.05, 0) is 12.1 Å². The van der Waals surface area contributed by atoms with Crippen molar-refractivity contribution in [3.05, 3.63) is 84.4 Å². The summed E-state index contributed by atoms with van der Waals surface area (Å²) in [4.78, 5) is 12.6. The van der Waals surface area contributed by atoms with Gasteiger partial charge in [0.1, 0.15) is 18.0 Å². The summed E-state index contributed by atoms with van der Waals surface area (Å²) in [6.07, 6.45) is 0. The highest BCUT2D eigenvalue weighted by molar-refractivity contribution is 5.94. The average molecular weight is 371 g/mol. The van der Waals surface area contributed by atoms with Crippen molar-refractivity contribution in [1.82, 2.24) is 15.1 Å². The standard InChI is InChI=1S/C23H21N3O2/c1-28-21-14-8-5-11-18(21)15-24-22(27)16-26-20-13-7-6-12-19(20)23(25-26)17-9-3-2-4-10-17/h2-14H,15-16H2,1H3,(H,24,27). The highest BCUT2D eigenvalue weighted by Gasteiger charge is 2.14. The highest BCUT2D eigenvalue weighted by Crippen LogP contribution is 2.27. The molecule has 0 fully saturated rings. The number of rotatable bonds is 6. The first-order valence-corrected chi connectivity index (χ1v) is 9.16. The summed E-state index contributed by atoms with van der Waals surface area (Å²) < 4.78 is 7.10. The normalized spacial score (nSPS) is 10.8. The van der Waals surface area contributed by atoms with E-state index in [1.807, 2.05) is 78.9 Å². The second-order valence-electron chi connectivity index (χ2n) is 6.48. The van der Waals surface area contributed by atoms with Crippen molar-refractivity contribution in [1.29, 1.82) is 0 Å². The maximum atomic E-state index is 12.6. The van der Waals surface area contributed by atoms with Gasteiger partial charge in [0, 0.05) is 23.1 Å². The molecule has 0 saturated carbocycles. The van der Waals surface area contributed by atoms with E-state index in [0.717, 1.165) is 33.5 Å². The minimum atomic E-state index is -0.0984. The summed E-state index contributed by atoms with van der Waals surface area (Å²) >= 11 is 0. The van der Waals surface area contributed by atoms with Gasteiger partial charge in [0.25, 0.3) is 0 Å². The smallest absolute Gasteiger partial charge is 0.242 e. The third-order valence-corrected chi connectivity index (χ3v) is 4.67. The molecule has 0 saturated heterocycles. The topological polar surface area (TPSA) is 56.1 Å². The lowest BCUT2D eigenvalue weighted by atomic mass is 10.1. The Labute approximate surface area is 163 Å². The molecular formula is C23H21N3O2. The molecule has 4 aromatic rings. The summed E-state index contributed by atoms with van der Waals surface area (Å²) in [6, 6.07) is 25.6. The number of hydrogen-bond donors (Lipinski definition) is 1. The number of nitrogens with one attached hydrogen (secondary N) is 1. The number of fused-ring (bicyclic) bond motifs is 1. The molecule has 5 heteroatoms. The van der Waals surface area contributed by atoms with Crippen molar-refractivity contribution in [3.8, 4) is 17.0 Å². The number of methoxy groups -OCH3 is 1. The summed E-state index contributed by atoms with van der Waals surface area (Å²) in [5.74, 6) is 0.664. The molecule has 0 bridgehead atoms. The molecule has 0 aliphatic rings. The zero-order valence-electron chi connectivity index (χ0n) is 15.6. The first-order chi connectivity index (χ1) is 13.8. The first-order valence-electron chi connectivity index (χ1n) is 9.16. The molecule has 1 N–H and O–H groups in total. The number of para-hydroxylation sites is 2. The van der Waals surface area contributed by atoms with Crippen molar-refractivity contribution in [3.63, 3.8) is 0 Å². The van der Waals surface area contributed by atoms with E-state index >= 15 is 0 Å². The Balaban J connectivity index is 1.56. The molecule has 4 rings (SSSR count). The molecule has 0 atom stereocenters. The third kappa shape index (κ3) is 3.60. The van der Waals surface area contributed by atoms with Crippen LogP contribution in [0, 0.1) is 0 Å². The van der Waals surface area contributed by atoms with E-state index in [1.54, 1.807) is 11.8 Å². The van der Waals surface area contributed by atoms with Gasteiger partial charge in [0.05, 0.1) is 12.6 Å². The van der Waals surface area contributed by atoms with Crippen LogP contribution >= 0.6 is 0 Å². The van der Waals surface area contributed by atoms with Crippen LogP contribution in [0.1, 0.15) is 5.56 Å². The predicted octanol–water partition coefficient (Wildman–Crippen LogP) is 4.03. The number of benzene rings is 3. The first kappa shape index (κ1) is 17.8. The van der Waals surface area contributed by atoms with Gasteiger partial charge in [0.2, 0.25) is 5.91 Å². The van der Waals surface area contributed by atoms with E-state index < -0.39 is 0 Å². The second-order valence-corrected chi connectivity index (χ2v) is 6.48. The van der Waals surface area contributed by atoms with Crippen LogP contribution in [0.5, 0.6) is 5.75 Å². The number of amides is 1. The summed E-state index contributed by atoms with van der Waals surface area (Å²) in [5, 5.41) is 8.71. The van der Waals surface area contributed by atoms with E-state index in [4.69, 9.17) is 9.84 Å². The van der Waals surface area contributed by atoms with Crippen LogP contribution < -0.4 is 10.1 Å². The molecule has 0 spiro atoms. The molecule has 1 heterocycles. The molecule has 0 aliphatic heterocycles. The number of ether oxygens (including phenoxy) is 1. The maximum absolute atomic E-state index is 12.6. The van der Waals surface area contributed by atoms with Gasteiger partial charge in [-0.25, -0.2) is 0 Å². The number of carbonyl (C=O) groups excluding carboxylic acids is 1. The fraction of sp³-hybridized carbons (Fsp3) is 0.130. The minimum absolute atomic E-state index is 0.0984. The quantitative estimate of drug-likeness (QED) is 0.557. The largest absolute Gasteiger partial charge is 0.496 e. The predicted molar refractivity (Wildman–Crippen MR) is 110 cm³/mol. The van der Waals surface area contributed by atoms with Crippen molar-refractivity contribution < 1.29 is 9.53 Å². The van der Waals surface area contributed by atoms with Crippen molar-refractivity contribution in [2.75, 3.05) is 7.11 Å². The van der Waals surface area contributed by atoms with Crippen molar-refractivity contribution in [2.24, 2.45) is 0 Å². The van der Waals surface area contributed by atoms with Crippen molar-refractivity contribution in [2.45, 2.75) is 13.1 Å². The van der Waals surface area contributed by atoms with Crippen LogP contribution in [0.15, 0.2) is 78.9 Å².